The molecule has 2 aromatic rings. The summed E-state index contributed by atoms with van der Waals surface area (Å²) in [6, 6.07) is 7.43. The summed E-state index contributed by atoms with van der Waals surface area (Å²) in [6.07, 6.45) is 2.76. The van der Waals surface area contributed by atoms with Crippen LogP contribution in [-0.2, 0) is 6.54 Å². The highest BCUT2D eigenvalue weighted by atomic mass is 16.1. The maximum absolute atomic E-state index is 11.9. The van der Waals surface area contributed by atoms with Crippen LogP contribution in [0, 0.1) is 0 Å². The van der Waals surface area contributed by atoms with Gasteiger partial charge in [-0.3, -0.25) is 14.1 Å². The van der Waals surface area contributed by atoms with Crippen LogP contribution >= 0.6 is 0 Å². The molecular formula is C13H16N4O. The van der Waals surface area contributed by atoms with E-state index in [1.807, 2.05) is 18.2 Å². The first-order valence-electron chi connectivity index (χ1n) is 6.17. The van der Waals surface area contributed by atoms with Crippen LogP contribution in [0.3, 0.4) is 0 Å². The predicted molar refractivity (Wildman–Crippen MR) is 69.3 cm³/mol. The molecule has 0 radical (unpaired) electrons. The van der Waals surface area contributed by atoms with E-state index in [1.165, 1.54) is 0 Å². The molecule has 3 heterocycles. The number of nitrogens with two attached hydrogens (primary N) is 1. The first-order chi connectivity index (χ1) is 8.72. The molecule has 94 valence electrons. The van der Waals surface area contributed by atoms with Gasteiger partial charge in [-0.15, -0.1) is 0 Å². The fourth-order valence-electron chi connectivity index (χ4n) is 2.42. The maximum Gasteiger partial charge on any atom is 0.258 e. The topological polar surface area (TPSA) is 63.6 Å². The van der Waals surface area contributed by atoms with Crippen molar-refractivity contribution in [3.8, 4) is 0 Å². The van der Waals surface area contributed by atoms with Crippen molar-refractivity contribution >= 4 is 5.65 Å². The van der Waals surface area contributed by atoms with Crippen LogP contribution in [0.25, 0.3) is 5.65 Å². The Balaban J connectivity index is 1.91. The van der Waals surface area contributed by atoms with E-state index < -0.39 is 0 Å². The van der Waals surface area contributed by atoms with E-state index in [9.17, 15) is 4.79 Å². The highest BCUT2D eigenvalue weighted by Gasteiger charge is 2.19. The van der Waals surface area contributed by atoms with Crippen LogP contribution in [0.15, 0.2) is 35.3 Å². The maximum atomic E-state index is 11.9. The van der Waals surface area contributed by atoms with Crippen LogP contribution in [-0.4, -0.2) is 33.4 Å². The molecule has 0 amide bonds. The summed E-state index contributed by atoms with van der Waals surface area (Å²) in [7, 11) is 0. The summed E-state index contributed by atoms with van der Waals surface area (Å²) in [5.74, 6) is 0. The Labute approximate surface area is 105 Å². The van der Waals surface area contributed by atoms with Crippen LogP contribution in [0.2, 0.25) is 0 Å². The molecule has 1 saturated heterocycles. The smallest absolute Gasteiger partial charge is 0.258 e. The Kier molecular flexibility index (Phi) is 2.85. The lowest BCUT2D eigenvalue weighted by molar-refractivity contribution is 0.323. The lowest BCUT2D eigenvalue weighted by atomic mass is 10.3. The molecule has 2 N–H and O–H groups in total. The van der Waals surface area contributed by atoms with Gasteiger partial charge in [-0.2, -0.15) is 0 Å². The summed E-state index contributed by atoms with van der Waals surface area (Å²) in [5, 5.41) is 0. The fourth-order valence-corrected chi connectivity index (χ4v) is 2.42. The van der Waals surface area contributed by atoms with E-state index in [-0.39, 0.29) is 11.6 Å². The van der Waals surface area contributed by atoms with Gasteiger partial charge in [-0.25, -0.2) is 4.98 Å². The third-order valence-corrected chi connectivity index (χ3v) is 3.32. The molecule has 1 aliphatic heterocycles. The van der Waals surface area contributed by atoms with Crippen molar-refractivity contribution in [2.45, 2.75) is 19.0 Å². The zero-order valence-corrected chi connectivity index (χ0v) is 10.1. The molecule has 0 bridgehead atoms. The van der Waals surface area contributed by atoms with E-state index >= 15 is 0 Å². The van der Waals surface area contributed by atoms with Crippen molar-refractivity contribution in [2.24, 2.45) is 5.73 Å². The molecule has 1 fully saturated rings. The molecule has 18 heavy (non-hydrogen) atoms. The molecule has 0 aromatic carbocycles. The van der Waals surface area contributed by atoms with Crippen LogP contribution in [0.4, 0.5) is 0 Å². The molecule has 5 heteroatoms. The fraction of sp³-hybridized carbons (Fsp3) is 0.385. The summed E-state index contributed by atoms with van der Waals surface area (Å²) in [4.78, 5) is 18.7. The molecule has 0 saturated carbocycles. The Morgan fingerprint density at radius 1 is 1.44 bits per heavy atom. The van der Waals surface area contributed by atoms with Crippen LogP contribution in [0.1, 0.15) is 12.1 Å². The SMILES string of the molecule is N[C@H]1CCN(Cc2cc(=O)n3ccccc3n2)C1. The Morgan fingerprint density at radius 2 is 2.33 bits per heavy atom. The number of pyridine rings is 1. The Morgan fingerprint density at radius 3 is 3.11 bits per heavy atom. The van der Waals surface area contributed by atoms with Gasteiger partial charge in [0.25, 0.3) is 5.56 Å². The van der Waals surface area contributed by atoms with Gasteiger partial charge in [-0.1, -0.05) is 6.07 Å². The third-order valence-electron chi connectivity index (χ3n) is 3.32. The zero-order valence-electron chi connectivity index (χ0n) is 10.1. The lowest BCUT2D eigenvalue weighted by Crippen LogP contribution is -2.27. The molecule has 2 aromatic heterocycles. The minimum absolute atomic E-state index is 0.0286. The van der Waals surface area contributed by atoms with Crippen molar-refractivity contribution in [1.29, 1.82) is 0 Å². The van der Waals surface area contributed by atoms with Gasteiger partial charge in [0.05, 0.1) is 5.69 Å². The average Bonchev–Trinajstić information content (AvgIpc) is 2.75. The van der Waals surface area contributed by atoms with Gasteiger partial charge in [-0.05, 0) is 18.6 Å². The molecule has 0 unspecified atom stereocenters. The molecular weight excluding hydrogens is 228 g/mol. The van der Waals surface area contributed by atoms with Gasteiger partial charge >= 0.3 is 0 Å². The molecule has 1 aliphatic rings. The minimum Gasteiger partial charge on any atom is -0.326 e. The molecule has 5 nitrogen and oxygen atoms in total. The van der Waals surface area contributed by atoms with Crippen molar-refractivity contribution in [1.82, 2.24) is 14.3 Å². The predicted octanol–water partition coefficient (Wildman–Crippen LogP) is 0.228. The number of rotatable bonds is 2. The second-order valence-corrected chi connectivity index (χ2v) is 4.80. The number of hydrogen-bond acceptors (Lipinski definition) is 4. The van der Waals surface area contributed by atoms with Gasteiger partial charge in [0, 0.05) is 37.9 Å². The van der Waals surface area contributed by atoms with Gasteiger partial charge in [0.15, 0.2) is 0 Å². The van der Waals surface area contributed by atoms with E-state index in [2.05, 4.69) is 9.88 Å². The van der Waals surface area contributed by atoms with Crippen molar-refractivity contribution in [2.75, 3.05) is 13.1 Å². The molecule has 0 aliphatic carbocycles. The van der Waals surface area contributed by atoms with Crippen molar-refractivity contribution < 1.29 is 0 Å². The first-order valence-corrected chi connectivity index (χ1v) is 6.17. The van der Waals surface area contributed by atoms with Crippen LogP contribution < -0.4 is 11.3 Å². The lowest BCUT2D eigenvalue weighted by Gasteiger charge is -2.14. The largest absolute Gasteiger partial charge is 0.326 e. The Hall–Kier alpha value is -1.72. The van der Waals surface area contributed by atoms with Gasteiger partial charge in [0.1, 0.15) is 5.65 Å². The second-order valence-electron chi connectivity index (χ2n) is 4.80. The standard InChI is InChI=1S/C13H16N4O/c14-10-4-6-16(8-10)9-11-7-13(18)17-5-2-1-3-12(17)15-11/h1-3,5,7,10H,4,6,8-9,14H2/t10-/m0/s1. The molecule has 3 rings (SSSR count). The van der Waals surface area contributed by atoms with E-state index in [0.717, 1.165) is 25.2 Å². The van der Waals surface area contributed by atoms with Gasteiger partial charge in [0.2, 0.25) is 0 Å². The second kappa shape index (κ2) is 4.51. The Bertz CT molecular complexity index is 622. The van der Waals surface area contributed by atoms with Crippen LogP contribution in [0.5, 0.6) is 0 Å². The third kappa shape index (κ3) is 2.14. The molecule has 0 spiro atoms. The summed E-state index contributed by atoms with van der Waals surface area (Å²) >= 11 is 0. The number of aromatic nitrogens is 2. The summed E-state index contributed by atoms with van der Waals surface area (Å²) in [5.41, 5.74) is 7.36. The van der Waals surface area contributed by atoms with E-state index in [1.54, 1.807) is 16.7 Å². The quantitative estimate of drug-likeness (QED) is 0.821. The summed E-state index contributed by atoms with van der Waals surface area (Å²) < 4.78 is 1.55. The average molecular weight is 244 g/mol. The van der Waals surface area contributed by atoms with E-state index in [4.69, 9.17) is 5.73 Å². The van der Waals surface area contributed by atoms with E-state index in [0.29, 0.717) is 12.2 Å². The monoisotopic (exact) mass is 244 g/mol. The normalized spacial score (nSPS) is 20.6. The number of likely N-dealkylation sites (tertiary alicyclic amines) is 1. The zero-order chi connectivity index (χ0) is 12.5. The number of hydrogen-bond donors (Lipinski definition) is 1. The number of fused-ring (bicyclic) bond motifs is 1. The summed E-state index contributed by atoms with van der Waals surface area (Å²) in [6.45, 7) is 2.57. The minimum atomic E-state index is -0.0286. The molecule has 1 atom stereocenters. The number of nitrogens with zero attached hydrogens (tertiary/aromatic N) is 3. The van der Waals surface area contributed by atoms with Crippen molar-refractivity contribution in [3.05, 3.63) is 46.5 Å². The van der Waals surface area contributed by atoms with Gasteiger partial charge < -0.3 is 5.73 Å². The highest BCUT2D eigenvalue weighted by Crippen LogP contribution is 2.10. The van der Waals surface area contributed by atoms with Crippen molar-refractivity contribution in [3.63, 3.8) is 0 Å². The highest BCUT2D eigenvalue weighted by molar-refractivity contribution is 5.37. The first kappa shape index (κ1) is 11.4.